The fourth-order valence-corrected chi connectivity index (χ4v) is 3.39. The number of ether oxygens (including phenoxy) is 1. The van der Waals surface area contributed by atoms with Crippen LogP contribution in [0.15, 0.2) is 0 Å². The van der Waals surface area contributed by atoms with Gasteiger partial charge in [0.1, 0.15) is 5.54 Å². The van der Waals surface area contributed by atoms with Crippen LogP contribution in [-0.2, 0) is 9.53 Å². The van der Waals surface area contributed by atoms with Gasteiger partial charge in [0.15, 0.2) is 0 Å². The summed E-state index contributed by atoms with van der Waals surface area (Å²) in [4.78, 5) is 17.3. The molecule has 1 saturated heterocycles. The van der Waals surface area contributed by atoms with Crippen LogP contribution in [0.1, 0.15) is 53.4 Å². The van der Waals surface area contributed by atoms with Crippen molar-refractivity contribution < 1.29 is 9.53 Å². The molecule has 2 unspecified atom stereocenters. The Bertz CT molecular complexity index is 322. The van der Waals surface area contributed by atoms with Crippen molar-refractivity contribution >= 4 is 5.91 Å². The van der Waals surface area contributed by atoms with E-state index in [0.717, 1.165) is 58.5 Å². The van der Waals surface area contributed by atoms with Crippen LogP contribution in [0.4, 0.5) is 0 Å². The maximum atomic E-state index is 13.0. The summed E-state index contributed by atoms with van der Waals surface area (Å²) in [7, 11) is 2.09. The second-order valence-corrected chi connectivity index (χ2v) is 6.43. The zero-order valence-corrected chi connectivity index (χ0v) is 14.7. The Morgan fingerprint density at radius 3 is 2.57 bits per heavy atom. The first-order valence-corrected chi connectivity index (χ1v) is 8.60. The summed E-state index contributed by atoms with van der Waals surface area (Å²) in [5.74, 6) is 0.705. The van der Waals surface area contributed by atoms with Gasteiger partial charge in [-0.05, 0) is 52.1 Å². The Kier molecular flexibility index (Phi) is 7.67. The molecule has 124 valence electrons. The quantitative estimate of drug-likeness (QED) is 0.614. The van der Waals surface area contributed by atoms with Gasteiger partial charge in [0.05, 0.1) is 6.61 Å². The van der Waals surface area contributed by atoms with Crippen LogP contribution in [-0.4, -0.2) is 61.1 Å². The van der Waals surface area contributed by atoms with Crippen molar-refractivity contribution in [2.45, 2.75) is 58.9 Å². The number of amides is 1. The van der Waals surface area contributed by atoms with Gasteiger partial charge in [0.25, 0.3) is 0 Å². The van der Waals surface area contributed by atoms with E-state index < -0.39 is 0 Å². The van der Waals surface area contributed by atoms with Crippen LogP contribution >= 0.6 is 0 Å². The molecule has 2 atom stereocenters. The molecule has 1 rings (SSSR count). The average Bonchev–Trinajstić information content (AvgIpc) is 2.86. The van der Waals surface area contributed by atoms with E-state index in [2.05, 4.69) is 39.6 Å². The molecule has 0 bridgehead atoms. The highest BCUT2D eigenvalue weighted by Gasteiger charge is 2.45. The van der Waals surface area contributed by atoms with Crippen molar-refractivity contribution in [3.8, 4) is 0 Å². The molecule has 1 aliphatic rings. The van der Waals surface area contributed by atoms with E-state index in [1.807, 2.05) is 4.90 Å². The SMILES string of the molecule is CCCOCC(C)CN(CC)C(=O)C1(CC)CCCN1C. The van der Waals surface area contributed by atoms with E-state index in [-0.39, 0.29) is 5.54 Å². The number of carbonyl (C=O) groups excluding carboxylic acids is 1. The fourth-order valence-electron chi connectivity index (χ4n) is 3.39. The van der Waals surface area contributed by atoms with Gasteiger partial charge >= 0.3 is 0 Å². The lowest BCUT2D eigenvalue weighted by Gasteiger charge is -2.39. The highest BCUT2D eigenvalue weighted by atomic mass is 16.5. The first-order chi connectivity index (χ1) is 10.0. The van der Waals surface area contributed by atoms with Crippen molar-refractivity contribution in [3.05, 3.63) is 0 Å². The van der Waals surface area contributed by atoms with Crippen molar-refractivity contribution in [2.75, 3.05) is 39.9 Å². The zero-order valence-electron chi connectivity index (χ0n) is 14.7. The second-order valence-electron chi connectivity index (χ2n) is 6.43. The Morgan fingerprint density at radius 2 is 2.10 bits per heavy atom. The number of rotatable bonds is 9. The van der Waals surface area contributed by atoms with Crippen LogP contribution in [0, 0.1) is 5.92 Å². The van der Waals surface area contributed by atoms with Gasteiger partial charge in [-0.15, -0.1) is 0 Å². The first kappa shape index (κ1) is 18.4. The van der Waals surface area contributed by atoms with Crippen LogP contribution in [0.5, 0.6) is 0 Å². The number of carbonyl (C=O) groups is 1. The molecular formula is C17H34N2O2. The third-order valence-corrected chi connectivity index (χ3v) is 4.75. The van der Waals surface area contributed by atoms with Crippen molar-refractivity contribution in [2.24, 2.45) is 5.92 Å². The first-order valence-electron chi connectivity index (χ1n) is 8.60. The standard InChI is InChI=1S/C17H34N2O2/c1-6-12-21-14-15(4)13-19(8-3)16(20)17(7-2)10-9-11-18(17)5/h15H,6-14H2,1-5H3. The Labute approximate surface area is 130 Å². The third kappa shape index (κ3) is 4.43. The molecule has 0 aliphatic carbocycles. The molecule has 0 aromatic heterocycles. The van der Waals surface area contributed by atoms with Crippen LogP contribution in [0.3, 0.4) is 0 Å². The van der Waals surface area contributed by atoms with Crippen molar-refractivity contribution in [3.63, 3.8) is 0 Å². The molecule has 1 amide bonds. The van der Waals surface area contributed by atoms with Gasteiger partial charge in [-0.3, -0.25) is 9.69 Å². The summed E-state index contributed by atoms with van der Waals surface area (Å²) in [6, 6.07) is 0. The Balaban J connectivity index is 2.63. The second kappa shape index (κ2) is 8.74. The molecule has 0 spiro atoms. The van der Waals surface area contributed by atoms with E-state index >= 15 is 0 Å². The van der Waals surface area contributed by atoms with E-state index in [1.54, 1.807) is 0 Å². The molecule has 0 aromatic carbocycles. The van der Waals surface area contributed by atoms with Crippen molar-refractivity contribution in [1.29, 1.82) is 0 Å². The topological polar surface area (TPSA) is 32.8 Å². The predicted octanol–water partition coefficient (Wildman–Crippen LogP) is 2.77. The molecule has 1 heterocycles. The van der Waals surface area contributed by atoms with Gasteiger partial charge in [0, 0.05) is 19.7 Å². The van der Waals surface area contributed by atoms with E-state index in [0.29, 0.717) is 11.8 Å². The normalized spacial score (nSPS) is 24.2. The molecule has 0 N–H and O–H groups in total. The number of nitrogens with zero attached hydrogens (tertiary/aromatic N) is 2. The lowest BCUT2D eigenvalue weighted by atomic mass is 9.91. The molecule has 4 heteroatoms. The lowest BCUT2D eigenvalue weighted by Crippen LogP contribution is -2.55. The summed E-state index contributed by atoms with van der Waals surface area (Å²) in [6.45, 7) is 12.7. The Hall–Kier alpha value is -0.610. The molecule has 0 aromatic rings. The monoisotopic (exact) mass is 298 g/mol. The summed E-state index contributed by atoms with van der Waals surface area (Å²) in [6.07, 6.45) is 4.07. The summed E-state index contributed by atoms with van der Waals surface area (Å²) in [5, 5.41) is 0. The van der Waals surface area contributed by atoms with E-state index in [1.165, 1.54) is 0 Å². The summed E-state index contributed by atoms with van der Waals surface area (Å²) < 4.78 is 5.62. The molecule has 21 heavy (non-hydrogen) atoms. The van der Waals surface area contributed by atoms with Gasteiger partial charge < -0.3 is 9.64 Å². The molecule has 0 saturated carbocycles. The van der Waals surface area contributed by atoms with Gasteiger partial charge in [-0.2, -0.15) is 0 Å². The van der Waals surface area contributed by atoms with E-state index in [9.17, 15) is 4.79 Å². The van der Waals surface area contributed by atoms with Crippen molar-refractivity contribution in [1.82, 2.24) is 9.80 Å². The fraction of sp³-hybridized carbons (Fsp3) is 0.941. The van der Waals surface area contributed by atoms with Gasteiger partial charge in [-0.25, -0.2) is 0 Å². The van der Waals surface area contributed by atoms with Crippen LogP contribution in [0.2, 0.25) is 0 Å². The van der Waals surface area contributed by atoms with Gasteiger partial charge in [-0.1, -0.05) is 20.8 Å². The molecular weight excluding hydrogens is 264 g/mol. The molecule has 1 fully saturated rings. The smallest absolute Gasteiger partial charge is 0.243 e. The number of likely N-dealkylation sites (N-methyl/N-ethyl adjacent to an activating group) is 2. The Morgan fingerprint density at radius 1 is 1.38 bits per heavy atom. The van der Waals surface area contributed by atoms with E-state index in [4.69, 9.17) is 4.74 Å². The number of hydrogen-bond donors (Lipinski definition) is 0. The largest absolute Gasteiger partial charge is 0.381 e. The zero-order chi connectivity index (χ0) is 15.9. The van der Waals surface area contributed by atoms with Gasteiger partial charge in [0.2, 0.25) is 5.91 Å². The summed E-state index contributed by atoms with van der Waals surface area (Å²) >= 11 is 0. The summed E-state index contributed by atoms with van der Waals surface area (Å²) in [5.41, 5.74) is -0.264. The molecule has 1 aliphatic heterocycles. The minimum Gasteiger partial charge on any atom is -0.381 e. The highest BCUT2D eigenvalue weighted by Crippen LogP contribution is 2.33. The maximum absolute atomic E-state index is 13.0. The third-order valence-electron chi connectivity index (χ3n) is 4.75. The number of hydrogen-bond acceptors (Lipinski definition) is 3. The minimum atomic E-state index is -0.264. The molecule has 4 nitrogen and oxygen atoms in total. The highest BCUT2D eigenvalue weighted by molar-refractivity contribution is 5.86. The average molecular weight is 298 g/mol. The minimum absolute atomic E-state index is 0.264. The van der Waals surface area contributed by atoms with Crippen LogP contribution < -0.4 is 0 Å². The molecule has 0 radical (unpaired) electrons. The lowest BCUT2D eigenvalue weighted by molar-refractivity contribution is -0.143. The predicted molar refractivity (Wildman–Crippen MR) is 87.4 cm³/mol. The maximum Gasteiger partial charge on any atom is 0.243 e. The van der Waals surface area contributed by atoms with Crippen LogP contribution in [0.25, 0.3) is 0 Å². The number of likely N-dealkylation sites (tertiary alicyclic amines) is 1.